The van der Waals surface area contributed by atoms with Crippen molar-refractivity contribution in [1.29, 1.82) is 0 Å². The minimum absolute atomic E-state index is 0.168. The normalized spacial score (nSPS) is 15.1. The van der Waals surface area contributed by atoms with Gasteiger partial charge in [0.2, 0.25) is 5.91 Å². The van der Waals surface area contributed by atoms with Gasteiger partial charge < -0.3 is 10.6 Å². The number of anilines is 3. The van der Waals surface area contributed by atoms with Crippen LogP contribution in [0.1, 0.15) is 26.3 Å². The third-order valence-electron chi connectivity index (χ3n) is 4.24. The van der Waals surface area contributed by atoms with Crippen LogP contribution < -0.4 is 15.6 Å². The SMILES string of the molecule is CCc1ccccc1NC=C1C(=O)N(c2cccc(NC(C)=O)c2)N=C1C. The molecule has 0 radical (unpaired) electrons. The van der Waals surface area contributed by atoms with Crippen molar-refractivity contribution in [2.24, 2.45) is 5.10 Å². The highest BCUT2D eigenvalue weighted by molar-refractivity contribution is 6.29. The summed E-state index contributed by atoms with van der Waals surface area (Å²) in [6, 6.07) is 15.0. The summed E-state index contributed by atoms with van der Waals surface area (Å²) in [6.07, 6.45) is 2.60. The van der Waals surface area contributed by atoms with E-state index in [9.17, 15) is 9.59 Å². The Morgan fingerprint density at radius 1 is 1.19 bits per heavy atom. The summed E-state index contributed by atoms with van der Waals surface area (Å²) < 4.78 is 0. The Kier molecular flexibility index (Phi) is 5.35. The molecule has 2 aromatic carbocycles. The Bertz CT molecular complexity index is 947. The Labute approximate surface area is 158 Å². The molecule has 0 fully saturated rings. The van der Waals surface area contributed by atoms with Crippen molar-refractivity contribution in [2.75, 3.05) is 15.6 Å². The van der Waals surface area contributed by atoms with E-state index in [0.29, 0.717) is 22.7 Å². The first-order chi connectivity index (χ1) is 13.0. The maximum Gasteiger partial charge on any atom is 0.282 e. The van der Waals surface area contributed by atoms with Gasteiger partial charge in [-0.05, 0) is 43.2 Å². The van der Waals surface area contributed by atoms with Crippen molar-refractivity contribution in [3.8, 4) is 0 Å². The number of nitrogens with zero attached hydrogens (tertiary/aromatic N) is 2. The first-order valence-corrected chi connectivity index (χ1v) is 8.82. The first kappa shape index (κ1) is 18.4. The van der Waals surface area contributed by atoms with E-state index in [0.717, 1.165) is 12.1 Å². The highest BCUT2D eigenvalue weighted by atomic mass is 16.2. The van der Waals surface area contributed by atoms with Gasteiger partial charge in [0.1, 0.15) is 0 Å². The molecular formula is C21H22N4O2. The van der Waals surface area contributed by atoms with Crippen LogP contribution in [0.4, 0.5) is 17.1 Å². The smallest absolute Gasteiger partial charge is 0.282 e. The number of carbonyl (C=O) groups is 2. The van der Waals surface area contributed by atoms with Crippen LogP contribution in [-0.2, 0) is 16.0 Å². The van der Waals surface area contributed by atoms with Gasteiger partial charge in [-0.2, -0.15) is 10.1 Å². The molecule has 27 heavy (non-hydrogen) atoms. The van der Waals surface area contributed by atoms with Gasteiger partial charge in [-0.1, -0.05) is 31.2 Å². The second-order valence-corrected chi connectivity index (χ2v) is 6.25. The van der Waals surface area contributed by atoms with E-state index in [1.807, 2.05) is 18.2 Å². The van der Waals surface area contributed by atoms with E-state index in [-0.39, 0.29) is 11.8 Å². The molecule has 0 spiro atoms. The van der Waals surface area contributed by atoms with Crippen LogP contribution in [0.3, 0.4) is 0 Å². The number of benzene rings is 2. The number of hydrogen-bond donors (Lipinski definition) is 2. The molecule has 0 atom stereocenters. The monoisotopic (exact) mass is 362 g/mol. The molecule has 2 amide bonds. The molecule has 3 rings (SSSR count). The van der Waals surface area contributed by atoms with E-state index in [4.69, 9.17) is 0 Å². The average molecular weight is 362 g/mol. The lowest BCUT2D eigenvalue weighted by molar-refractivity contribution is -0.115. The predicted octanol–water partition coefficient (Wildman–Crippen LogP) is 3.93. The zero-order chi connectivity index (χ0) is 19.4. The zero-order valence-corrected chi connectivity index (χ0v) is 15.6. The lowest BCUT2D eigenvalue weighted by atomic mass is 10.1. The highest BCUT2D eigenvalue weighted by Gasteiger charge is 2.29. The summed E-state index contributed by atoms with van der Waals surface area (Å²) in [5.41, 5.74) is 4.50. The third-order valence-corrected chi connectivity index (χ3v) is 4.24. The number of carbonyl (C=O) groups excluding carboxylic acids is 2. The molecule has 1 aliphatic heterocycles. The third kappa shape index (κ3) is 4.06. The zero-order valence-electron chi connectivity index (χ0n) is 15.6. The van der Waals surface area contributed by atoms with Crippen LogP contribution in [-0.4, -0.2) is 17.5 Å². The first-order valence-electron chi connectivity index (χ1n) is 8.82. The number of hydrogen-bond acceptors (Lipinski definition) is 4. The second kappa shape index (κ2) is 7.86. The minimum Gasteiger partial charge on any atom is -0.361 e. The van der Waals surface area contributed by atoms with Crippen molar-refractivity contribution in [3.05, 3.63) is 65.9 Å². The average Bonchev–Trinajstić information content (AvgIpc) is 2.94. The highest BCUT2D eigenvalue weighted by Crippen LogP contribution is 2.26. The van der Waals surface area contributed by atoms with Crippen LogP contribution in [0.2, 0.25) is 0 Å². The van der Waals surface area contributed by atoms with E-state index < -0.39 is 0 Å². The molecule has 0 bridgehead atoms. The summed E-state index contributed by atoms with van der Waals surface area (Å²) in [5.74, 6) is -0.382. The molecule has 0 saturated carbocycles. The van der Waals surface area contributed by atoms with Crippen LogP contribution in [0.5, 0.6) is 0 Å². The quantitative estimate of drug-likeness (QED) is 0.792. The van der Waals surface area contributed by atoms with Crippen LogP contribution in [0.15, 0.2) is 65.4 Å². The number of hydrazone groups is 1. The summed E-state index contributed by atoms with van der Waals surface area (Å²) in [6.45, 7) is 5.33. The number of amides is 2. The molecule has 6 nitrogen and oxygen atoms in total. The molecular weight excluding hydrogens is 340 g/mol. The minimum atomic E-state index is -0.214. The van der Waals surface area contributed by atoms with E-state index in [1.54, 1.807) is 37.4 Å². The van der Waals surface area contributed by atoms with Gasteiger partial charge in [0.05, 0.1) is 17.0 Å². The van der Waals surface area contributed by atoms with Crippen molar-refractivity contribution >= 4 is 34.6 Å². The molecule has 0 unspecified atom stereocenters. The van der Waals surface area contributed by atoms with Gasteiger partial charge in [0.15, 0.2) is 0 Å². The molecule has 1 aliphatic rings. The molecule has 138 valence electrons. The predicted molar refractivity (Wildman–Crippen MR) is 109 cm³/mol. The van der Waals surface area contributed by atoms with Crippen molar-refractivity contribution in [2.45, 2.75) is 27.2 Å². The fourth-order valence-electron chi connectivity index (χ4n) is 2.90. The second-order valence-electron chi connectivity index (χ2n) is 6.25. The van der Waals surface area contributed by atoms with Crippen LogP contribution >= 0.6 is 0 Å². The van der Waals surface area contributed by atoms with Crippen LogP contribution in [0.25, 0.3) is 0 Å². The summed E-state index contributed by atoms with van der Waals surface area (Å²) in [5, 5.41) is 11.7. The lowest BCUT2D eigenvalue weighted by Gasteiger charge is -2.13. The van der Waals surface area contributed by atoms with Gasteiger partial charge in [-0.25, -0.2) is 0 Å². The topological polar surface area (TPSA) is 73.8 Å². The number of nitrogens with one attached hydrogen (secondary N) is 2. The lowest BCUT2D eigenvalue weighted by Crippen LogP contribution is -2.22. The Balaban J connectivity index is 1.83. The number of rotatable bonds is 5. The van der Waals surface area contributed by atoms with Gasteiger partial charge in [0, 0.05) is 24.5 Å². The summed E-state index contributed by atoms with van der Waals surface area (Å²) >= 11 is 0. The van der Waals surface area contributed by atoms with Gasteiger partial charge in [-0.3, -0.25) is 9.59 Å². The molecule has 0 aliphatic carbocycles. The summed E-state index contributed by atoms with van der Waals surface area (Å²) in [7, 11) is 0. The Morgan fingerprint density at radius 2 is 1.96 bits per heavy atom. The van der Waals surface area contributed by atoms with Gasteiger partial charge >= 0.3 is 0 Å². The van der Waals surface area contributed by atoms with E-state index >= 15 is 0 Å². The Morgan fingerprint density at radius 3 is 2.70 bits per heavy atom. The molecule has 2 N–H and O–H groups in total. The molecule has 6 heteroatoms. The number of aryl methyl sites for hydroxylation is 1. The van der Waals surface area contributed by atoms with E-state index in [2.05, 4.69) is 28.7 Å². The Hall–Kier alpha value is -3.41. The van der Waals surface area contributed by atoms with Crippen LogP contribution in [0, 0.1) is 0 Å². The molecule has 0 saturated heterocycles. The van der Waals surface area contributed by atoms with Crippen molar-refractivity contribution < 1.29 is 9.59 Å². The fraction of sp³-hybridized carbons (Fsp3) is 0.190. The fourth-order valence-corrected chi connectivity index (χ4v) is 2.90. The molecule has 1 heterocycles. The largest absolute Gasteiger partial charge is 0.361 e. The van der Waals surface area contributed by atoms with Gasteiger partial charge in [-0.15, -0.1) is 0 Å². The van der Waals surface area contributed by atoms with Crippen molar-refractivity contribution in [3.63, 3.8) is 0 Å². The standard InChI is InChI=1S/C21H22N4O2/c1-4-16-8-5-6-11-20(16)22-13-19-14(2)24-25(21(19)27)18-10-7-9-17(12-18)23-15(3)26/h5-13,22H,4H2,1-3H3,(H,23,26). The maximum absolute atomic E-state index is 12.8. The molecule has 0 aromatic heterocycles. The van der Waals surface area contributed by atoms with E-state index in [1.165, 1.54) is 17.5 Å². The van der Waals surface area contributed by atoms with Crippen molar-refractivity contribution in [1.82, 2.24) is 0 Å². The molecule has 2 aromatic rings. The maximum atomic E-state index is 12.8. The number of para-hydroxylation sites is 1. The van der Waals surface area contributed by atoms with Gasteiger partial charge in [0.25, 0.3) is 5.91 Å². The summed E-state index contributed by atoms with van der Waals surface area (Å²) in [4.78, 5) is 24.1.